The summed E-state index contributed by atoms with van der Waals surface area (Å²) >= 11 is 0. The number of unbranched alkanes of at least 4 members (excludes halogenated alkanes) is 28. The predicted octanol–water partition coefficient (Wildman–Crippen LogP) is 19.7. The van der Waals surface area contributed by atoms with Crippen LogP contribution in [0.15, 0.2) is 33.5 Å². The van der Waals surface area contributed by atoms with Gasteiger partial charge in [-0.15, -0.1) is 0 Å². The van der Waals surface area contributed by atoms with E-state index in [1.165, 1.54) is 128 Å². The van der Waals surface area contributed by atoms with E-state index < -0.39 is 10.8 Å². The first kappa shape index (κ1) is 52.2. The molecule has 0 N–H and O–H groups in total. The van der Waals surface area contributed by atoms with Gasteiger partial charge in [0.25, 0.3) is 0 Å². The molecule has 0 amide bonds. The van der Waals surface area contributed by atoms with Gasteiger partial charge in [0.05, 0.1) is 0 Å². The molecule has 8 heteroatoms. The summed E-state index contributed by atoms with van der Waals surface area (Å²) in [5.74, 6) is -0.552. The Hall–Kier alpha value is -3.68. The van der Waals surface area contributed by atoms with E-state index in [4.69, 9.17) is 9.26 Å². The molecule has 0 spiro atoms. The van der Waals surface area contributed by atoms with Crippen LogP contribution in [-0.2, 0) is 10.8 Å². The fourth-order valence-corrected chi connectivity index (χ4v) is 12.9. The number of halogens is 2. The maximum absolute atomic E-state index is 19.3. The highest BCUT2D eigenvalue weighted by molar-refractivity contribution is 6.04. The molecule has 0 atom stereocenters. The molecule has 2 aromatic heterocycles. The average Bonchev–Trinajstić information content (AvgIpc) is 4.15. The molecule has 0 aliphatic heterocycles. The Bertz CT molecular complexity index is 2090. The minimum atomic E-state index is -0.723. The lowest BCUT2D eigenvalue weighted by atomic mass is 9.68. The normalized spacial score (nSPS) is 14.3. The smallest absolute Gasteiger partial charge is 0.143 e. The standard InChI is InChI=1S/C60H88F2N4O2/c1-5-9-13-17-21-25-29-33-41-59(42-34-30-26-22-18-14-10-6-2)45-37-39-47-57(65-67-63-47)49(45)51-53(59)55(61)52-50-46(38-40-48-58(50)66-68-64-48)60(54(52)56(51)62,43-35-31-27-23-19-15-11-7-3)44-36-32-28-24-20-16-12-8-4/h37-40H,5-36,41-44H2,1-4H3. The molecule has 2 aliphatic rings. The summed E-state index contributed by atoms with van der Waals surface area (Å²) in [6.07, 6.45) is 41.0. The molecule has 68 heavy (non-hydrogen) atoms. The maximum Gasteiger partial charge on any atom is 0.143 e. The van der Waals surface area contributed by atoms with Crippen molar-refractivity contribution in [1.29, 1.82) is 0 Å². The van der Waals surface area contributed by atoms with E-state index in [1.807, 2.05) is 12.1 Å². The van der Waals surface area contributed by atoms with Crippen molar-refractivity contribution in [2.75, 3.05) is 0 Å². The largest absolute Gasteiger partial charge is 0.243 e. The summed E-state index contributed by atoms with van der Waals surface area (Å²) in [5, 5.41) is 17.6. The predicted molar refractivity (Wildman–Crippen MR) is 278 cm³/mol. The Kier molecular flexibility index (Phi) is 20.3. The van der Waals surface area contributed by atoms with E-state index in [0.29, 0.717) is 55.4 Å². The highest BCUT2D eigenvalue weighted by atomic mass is 19.1. The van der Waals surface area contributed by atoms with Crippen LogP contribution >= 0.6 is 0 Å². The number of benzene rings is 3. The Balaban J connectivity index is 1.34. The second-order valence-corrected chi connectivity index (χ2v) is 21.4. The number of hydrogen-bond acceptors (Lipinski definition) is 6. The first-order valence-electron chi connectivity index (χ1n) is 28.6. The molecular formula is C60H88F2N4O2. The van der Waals surface area contributed by atoms with Crippen molar-refractivity contribution in [2.45, 2.75) is 270 Å². The third-order valence-corrected chi connectivity index (χ3v) is 16.6. The van der Waals surface area contributed by atoms with E-state index in [9.17, 15) is 0 Å². The van der Waals surface area contributed by atoms with E-state index in [-0.39, 0.29) is 11.6 Å². The number of aromatic nitrogens is 4. The van der Waals surface area contributed by atoms with Crippen LogP contribution in [0.3, 0.4) is 0 Å². The Morgan fingerprint density at radius 3 is 0.882 bits per heavy atom. The lowest BCUT2D eigenvalue weighted by molar-refractivity contribution is 0.315. The zero-order chi connectivity index (χ0) is 47.6. The summed E-state index contributed by atoms with van der Waals surface area (Å²) < 4.78 is 49.4. The number of hydrogen-bond donors (Lipinski definition) is 0. The van der Waals surface area contributed by atoms with E-state index in [2.05, 4.69) is 60.5 Å². The van der Waals surface area contributed by atoms with Gasteiger partial charge in [-0.2, -0.15) is 0 Å². The van der Waals surface area contributed by atoms with Gasteiger partial charge in [-0.05, 0) is 69.6 Å². The monoisotopic (exact) mass is 935 g/mol. The zero-order valence-corrected chi connectivity index (χ0v) is 43.1. The molecule has 0 radical (unpaired) electrons. The van der Waals surface area contributed by atoms with Crippen molar-refractivity contribution in [3.05, 3.63) is 58.2 Å². The molecule has 0 fully saturated rings. The molecule has 0 saturated heterocycles. The fraction of sp³-hybridized carbons (Fsp3) is 0.700. The summed E-state index contributed by atoms with van der Waals surface area (Å²) in [7, 11) is 0. The van der Waals surface area contributed by atoms with Crippen molar-refractivity contribution < 1.29 is 18.0 Å². The number of fused-ring (bicyclic) bond motifs is 10. The van der Waals surface area contributed by atoms with Crippen LogP contribution in [-0.4, -0.2) is 20.6 Å². The highest BCUT2D eigenvalue weighted by Crippen LogP contribution is 2.64. The first-order valence-corrected chi connectivity index (χ1v) is 28.6. The fourth-order valence-electron chi connectivity index (χ4n) is 12.9. The van der Waals surface area contributed by atoms with Gasteiger partial charge in [0.15, 0.2) is 0 Å². The third-order valence-electron chi connectivity index (χ3n) is 16.6. The summed E-state index contributed by atoms with van der Waals surface area (Å²) in [4.78, 5) is 0. The van der Waals surface area contributed by atoms with Gasteiger partial charge in [-0.25, -0.2) is 18.0 Å². The highest BCUT2D eigenvalue weighted by Gasteiger charge is 2.54. The quantitative estimate of drug-likeness (QED) is 0.0372. The van der Waals surface area contributed by atoms with Crippen LogP contribution in [0.4, 0.5) is 8.78 Å². The topological polar surface area (TPSA) is 77.8 Å². The molecule has 2 aliphatic carbocycles. The molecule has 0 bridgehead atoms. The lowest BCUT2D eigenvalue weighted by Crippen LogP contribution is -2.29. The number of nitrogens with zero attached hydrogens (tertiary/aromatic N) is 4. The number of rotatable bonds is 36. The zero-order valence-electron chi connectivity index (χ0n) is 43.1. The van der Waals surface area contributed by atoms with Gasteiger partial charge < -0.3 is 0 Å². The van der Waals surface area contributed by atoms with Crippen molar-refractivity contribution in [2.24, 2.45) is 0 Å². The SMILES string of the molecule is CCCCCCCCCCC1(CCCCCCCCCC)c2ccc3nonc3c2-c2c(F)c3c(c(F)c21)-c1c(ccc2nonc12)C3(CCCCCCCCCC)CCCCCCCCCC. The van der Waals surface area contributed by atoms with Crippen molar-refractivity contribution in [3.63, 3.8) is 0 Å². The maximum atomic E-state index is 19.3. The summed E-state index contributed by atoms with van der Waals surface area (Å²) in [5.41, 5.74) is 6.12. The third kappa shape index (κ3) is 11.6. The van der Waals surface area contributed by atoms with E-state index in [0.717, 1.165) is 114 Å². The van der Waals surface area contributed by atoms with Crippen molar-refractivity contribution >= 4 is 22.1 Å². The Morgan fingerprint density at radius 1 is 0.338 bits per heavy atom. The van der Waals surface area contributed by atoms with E-state index in [1.54, 1.807) is 0 Å². The van der Waals surface area contributed by atoms with Crippen LogP contribution in [0.1, 0.15) is 281 Å². The molecule has 0 saturated carbocycles. The molecular weight excluding hydrogens is 847 g/mol. The van der Waals surface area contributed by atoms with Gasteiger partial charge in [0.1, 0.15) is 33.7 Å². The van der Waals surface area contributed by atoms with Crippen LogP contribution in [0.25, 0.3) is 44.3 Å². The van der Waals surface area contributed by atoms with E-state index >= 15 is 8.78 Å². The van der Waals surface area contributed by atoms with Crippen molar-refractivity contribution in [3.8, 4) is 22.3 Å². The van der Waals surface area contributed by atoms with Gasteiger partial charge in [-0.1, -0.05) is 245 Å². The van der Waals surface area contributed by atoms with Crippen LogP contribution < -0.4 is 0 Å². The Labute approximate surface area is 409 Å². The molecule has 374 valence electrons. The minimum absolute atomic E-state index is 0.276. The van der Waals surface area contributed by atoms with Crippen LogP contribution in [0, 0.1) is 11.6 Å². The summed E-state index contributed by atoms with van der Waals surface area (Å²) in [6.45, 7) is 9.06. The second-order valence-electron chi connectivity index (χ2n) is 21.4. The summed E-state index contributed by atoms with van der Waals surface area (Å²) in [6, 6.07) is 8.21. The van der Waals surface area contributed by atoms with Crippen LogP contribution in [0.5, 0.6) is 0 Å². The first-order chi connectivity index (χ1) is 33.5. The van der Waals surface area contributed by atoms with Gasteiger partial charge in [-0.3, -0.25) is 0 Å². The lowest BCUT2D eigenvalue weighted by Gasteiger charge is -2.35. The average molecular weight is 935 g/mol. The molecule has 7 rings (SSSR count). The minimum Gasteiger partial charge on any atom is -0.243 e. The van der Waals surface area contributed by atoms with Gasteiger partial charge in [0, 0.05) is 44.2 Å². The van der Waals surface area contributed by atoms with Gasteiger partial charge in [0.2, 0.25) is 0 Å². The Morgan fingerprint density at radius 2 is 0.603 bits per heavy atom. The second kappa shape index (κ2) is 26.5. The molecule has 2 heterocycles. The van der Waals surface area contributed by atoms with Crippen molar-refractivity contribution in [1.82, 2.24) is 20.6 Å². The molecule has 0 unspecified atom stereocenters. The molecule has 3 aromatic carbocycles. The van der Waals surface area contributed by atoms with Crippen LogP contribution in [0.2, 0.25) is 0 Å². The van der Waals surface area contributed by atoms with Gasteiger partial charge >= 0.3 is 0 Å². The molecule has 5 aromatic rings. The molecule has 6 nitrogen and oxygen atoms in total.